The van der Waals surface area contributed by atoms with E-state index >= 15 is 0 Å². The molecule has 0 unspecified atom stereocenters. The van der Waals surface area contributed by atoms with Gasteiger partial charge in [-0.15, -0.1) is 0 Å². The second kappa shape index (κ2) is 6.10. The van der Waals surface area contributed by atoms with Crippen molar-refractivity contribution >= 4 is 5.91 Å². The first-order valence-corrected chi connectivity index (χ1v) is 8.76. The Morgan fingerprint density at radius 3 is 2.54 bits per heavy atom. The number of carbonyl (C=O) groups is 1. The second-order valence-corrected chi connectivity index (χ2v) is 7.26. The predicted molar refractivity (Wildman–Crippen MR) is 93.9 cm³/mol. The molecule has 2 aromatic rings. The van der Waals surface area contributed by atoms with E-state index in [1.165, 1.54) is 6.42 Å². The molecule has 5 rings (SSSR count). The fourth-order valence-corrected chi connectivity index (χ4v) is 4.10. The molecule has 4 heteroatoms. The zero-order chi connectivity index (χ0) is 16.7. The molecular formula is C20H24N2O2. The molecule has 126 valence electrons. The Balaban J connectivity index is 1.54. The van der Waals surface area contributed by atoms with Crippen LogP contribution in [0.2, 0.25) is 0 Å². The van der Waals surface area contributed by atoms with Gasteiger partial charge in [0.15, 0.2) is 0 Å². The lowest BCUT2D eigenvalue weighted by Gasteiger charge is -2.36. The van der Waals surface area contributed by atoms with Gasteiger partial charge in [-0.3, -0.25) is 4.79 Å². The Morgan fingerprint density at radius 1 is 1.04 bits per heavy atom. The molecule has 1 amide bonds. The van der Waals surface area contributed by atoms with Crippen LogP contribution in [0, 0.1) is 12.8 Å². The largest absolute Gasteiger partial charge is 0.461 e. The zero-order valence-corrected chi connectivity index (χ0v) is 14.4. The molecule has 3 aliphatic rings. The van der Waals surface area contributed by atoms with E-state index in [0.717, 1.165) is 48.7 Å². The van der Waals surface area contributed by atoms with Crippen LogP contribution in [0.25, 0.3) is 11.3 Å². The van der Waals surface area contributed by atoms with Gasteiger partial charge in [-0.05, 0) is 57.0 Å². The van der Waals surface area contributed by atoms with Gasteiger partial charge in [0, 0.05) is 36.8 Å². The van der Waals surface area contributed by atoms with Crippen molar-refractivity contribution in [2.45, 2.75) is 25.8 Å². The van der Waals surface area contributed by atoms with Crippen LogP contribution in [-0.2, 0) is 0 Å². The highest BCUT2D eigenvalue weighted by atomic mass is 16.3. The molecule has 1 aromatic heterocycles. The molecule has 3 aliphatic heterocycles. The minimum Gasteiger partial charge on any atom is -0.461 e. The van der Waals surface area contributed by atoms with E-state index in [1.54, 1.807) is 0 Å². The number of amides is 1. The lowest BCUT2D eigenvalue weighted by atomic mass is 9.94. The average Bonchev–Trinajstić information content (AvgIpc) is 2.85. The standard InChI is InChI=1S/C20H24N2O2/c1-14-3-10-19(24-14)16-5-7-17(8-6-16)20(23)22-12-15-4-9-18(22)13-21(2)11-15/h3,5-8,10,15,18H,4,9,11-13H2,1-2H3/t15-,18+/m1/s1. The topological polar surface area (TPSA) is 36.7 Å². The van der Waals surface area contributed by atoms with Crippen LogP contribution in [0.15, 0.2) is 40.8 Å². The summed E-state index contributed by atoms with van der Waals surface area (Å²) in [4.78, 5) is 17.5. The van der Waals surface area contributed by atoms with Crippen molar-refractivity contribution in [1.82, 2.24) is 9.80 Å². The first-order chi connectivity index (χ1) is 11.6. The normalized spacial score (nSPS) is 24.2. The van der Waals surface area contributed by atoms with Gasteiger partial charge in [-0.25, -0.2) is 0 Å². The molecule has 3 fully saturated rings. The molecule has 0 aliphatic carbocycles. The maximum atomic E-state index is 13.0. The second-order valence-electron chi connectivity index (χ2n) is 7.26. The van der Waals surface area contributed by atoms with Crippen LogP contribution >= 0.6 is 0 Å². The van der Waals surface area contributed by atoms with E-state index < -0.39 is 0 Å². The van der Waals surface area contributed by atoms with Crippen molar-refractivity contribution in [3.63, 3.8) is 0 Å². The summed E-state index contributed by atoms with van der Waals surface area (Å²) in [7, 11) is 2.17. The van der Waals surface area contributed by atoms with E-state index in [4.69, 9.17) is 4.42 Å². The molecule has 0 spiro atoms. The van der Waals surface area contributed by atoms with Crippen molar-refractivity contribution in [2.24, 2.45) is 5.92 Å². The van der Waals surface area contributed by atoms with Gasteiger partial charge in [0.25, 0.3) is 5.91 Å². The summed E-state index contributed by atoms with van der Waals surface area (Å²) in [6.45, 7) is 4.93. The number of aryl methyl sites for hydroxylation is 1. The zero-order valence-electron chi connectivity index (χ0n) is 14.4. The Morgan fingerprint density at radius 2 is 1.83 bits per heavy atom. The third-order valence-electron chi connectivity index (χ3n) is 5.31. The summed E-state index contributed by atoms with van der Waals surface area (Å²) in [6.07, 6.45) is 2.38. The Kier molecular flexibility index (Phi) is 3.93. The summed E-state index contributed by atoms with van der Waals surface area (Å²) < 4.78 is 5.65. The number of carbonyl (C=O) groups excluding carboxylic acids is 1. The van der Waals surface area contributed by atoms with Crippen molar-refractivity contribution in [1.29, 1.82) is 0 Å². The Bertz CT molecular complexity index is 734. The van der Waals surface area contributed by atoms with E-state index in [2.05, 4.69) is 16.8 Å². The van der Waals surface area contributed by atoms with Crippen LogP contribution in [0.4, 0.5) is 0 Å². The third-order valence-corrected chi connectivity index (χ3v) is 5.31. The molecular weight excluding hydrogens is 300 g/mol. The fourth-order valence-electron chi connectivity index (χ4n) is 4.10. The van der Waals surface area contributed by atoms with Crippen LogP contribution in [-0.4, -0.2) is 48.4 Å². The van der Waals surface area contributed by atoms with E-state index in [0.29, 0.717) is 12.0 Å². The molecule has 2 bridgehead atoms. The lowest BCUT2D eigenvalue weighted by molar-refractivity contribution is 0.0587. The minimum atomic E-state index is 0.169. The maximum Gasteiger partial charge on any atom is 0.254 e. The highest BCUT2D eigenvalue weighted by molar-refractivity contribution is 5.95. The number of piperidine rings is 1. The van der Waals surface area contributed by atoms with Gasteiger partial charge in [-0.1, -0.05) is 12.1 Å². The molecule has 4 nitrogen and oxygen atoms in total. The van der Waals surface area contributed by atoms with Crippen LogP contribution in [0.3, 0.4) is 0 Å². The summed E-state index contributed by atoms with van der Waals surface area (Å²) >= 11 is 0. The predicted octanol–water partition coefficient (Wildman–Crippen LogP) is 3.42. The molecule has 2 atom stereocenters. The number of hydrogen-bond donors (Lipinski definition) is 0. The molecule has 24 heavy (non-hydrogen) atoms. The number of benzene rings is 1. The summed E-state index contributed by atoms with van der Waals surface area (Å²) in [5.74, 6) is 2.53. The number of rotatable bonds is 2. The van der Waals surface area contributed by atoms with Gasteiger partial charge in [0.2, 0.25) is 0 Å². The first kappa shape index (κ1) is 15.5. The monoisotopic (exact) mass is 324 g/mol. The van der Waals surface area contributed by atoms with E-state index in [9.17, 15) is 4.79 Å². The summed E-state index contributed by atoms with van der Waals surface area (Å²) in [5, 5.41) is 0. The highest BCUT2D eigenvalue weighted by Crippen LogP contribution is 2.29. The summed E-state index contributed by atoms with van der Waals surface area (Å²) in [6, 6.07) is 12.1. The van der Waals surface area contributed by atoms with Gasteiger partial charge < -0.3 is 14.2 Å². The van der Waals surface area contributed by atoms with Crippen molar-refractivity contribution in [3.05, 3.63) is 47.7 Å². The van der Waals surface area contributed by atoms with Gasteiger partial charge in [0.1, 0.15) is 11.5 Å². The quantitative estimate of drug-likeness (QED) is 0.849. The van der Waals surface area contributed by atoms with Gasteiger partial charge >= 0.3 is 0 Å². The van der Waals surface area contributed by atoms with Crippen molar-refractivity contribution in [2.75, 3.05) is 26.7 Å². The van der Waals surface area contributed by atoms with Gasteiger partial charge in [0.05, 0.1) is 0 Å². The molecule has 0 N–H and O–H groups in total. The maximum absolute atomic E-state index is 13.0. The van der Waals surface area contributed by atoms with E-state index in [-0.39, 0.29) is 5.91 Å². The smallest absolute Gasteiger partial charge is 0.254 e. The number of hydrogen-bond acceptors (Lipinski definition) is 3. The first-order valence-electron chi connectivity index (χ1n) is 8.76. The lowest BCUT2D eigenvalue weighted by Crippen LogP contribution is -2.47. The number of furan rings is 1. The van der Waals surface area contributed by atoms with Crippen molar-refractivity contribution in [3.8, 4) is 11.3 Å². The molecule has 1 aromatic carbocycles. The van der Waals surface area contributed by atoms with Gasteiger partial charge in [-0.2, -0.15) is 0 Å². The SMILES string of the molecule is Cc1ccc(-c2ccc(C(=O)N3C[C@@H]4CC[C@H]3CN(C)C4)cc2)o1. The molecule has 0 saturated carbocycles. The molecule has 0 radical (unpaired) electrons. The van der Waals surface area contributed by atoms with Crippen LogP contribution in [0.1, 0.15) is 29.0 Å². The highest BCUT2D eigenvalue weighted by Gasteiger charge is 2.36. The van der Waals surface area contributed by atoms with Crippen LogP contribution in [0.5, 0.6) is 0 Å². The number of nitrogens with zero attached hydrogens (tertiary/aromatic N) is 2. The number of likely N-dealkylation sites (N-methyl/N-ethyl adjacent to an activating group) is 1. The fraction of sp³-hybridized carbons (Fsp3) is 0.450. The summed E-state index contributed by atoms with van der Waals surface area (Å²) in [5.41, 5.74) is 1.79. The minimum absolute atomic E-state index is 0.169. The average molecular weight is 324 g/mol. The van der Waals surface area contributed by atoms with Crippen LogP contribution < -0.4 is 0 Å². The number of fused-ring (bicyclic) bond motifs is 4. The molecule has 4 heterocycles. The Labute approximate surface area is 143 Å². The van der Waals surface area contributed by atoms with E-state index in [1.807, 2.05) is 43.3 Å². The Hall–Kier alpha value is -2.07. The molecule has 3 saturated heterocycles. The van der Waals surface area contributed by atoms with Crippen molar-refractivity contribution < 1.29 is 9.21 Å². The third kappa shape index (κ3) is 2.86.